The Morgan fingerprint density at radius 2 is 1.76 bits per heavy atom. The lowest BCUT2D eigenvalue weighted by atomic mass is 10.1. The van der Waals surface area contributed by atoms with Gasteiger partial charge in [-0.05, 0) is 61.4 Å². The number of nitrogens with zero attached hydrogens (tertiary/aromatic N) is 3. The van der Waals surface area contributed by atoms with E-state index in [4.69, 9.17) is 9.47 Å². The van der Waals surface area contributed by atoms with Crippen molar-refractivity contribution in [2.45, 2.75) is 33.3 Å². The van der Waals surface area contributed by atoms with E-state index in [1.165, 1.54) is 4.68 Å². The molecule has 0 aliphatic rings. The summed E-state index contributed by atoms with van der Waals surface area (Å²) in [6, 6.07) is 15.3. The van der Waals surface area contributed by atoms with Crippen molar-refractivity contribution in [2.75, 3.05) is 6.61 Å². The van der Waals surface area contributed by atoms with Crippen molar-refractivity contribution < 1.29 is 9.47 Å². The van der Waals surface area contributed by atoms with Gasteiger partial charge in [-0.2, -0.15) is 9.78 Å². The number of hydrogen-bond acceptors (Lipinski definition) is 5. The van der Waals surface area contributed by atoms with Crippen LogP contribution in [-0.2, 0) is 19.4 Å². The fraction of sp³-hybridized carbons (Fsp3) is 0.207. The topological polar surface area (TPSA) is 65.7 Å². The first-order valence-electron chi connectivity index (χ1n) is 12.1. The number of halogens is 3. The molecule has 0 saturated carbocycles. The van der Waals surface area contributed by atoms with E-state index in [0.717, 1.165) is 30.1 Å². The maximum absolute atomic E-state index is 13.3. The lowest BCUT2D eigenvalue weighted by Gasteiger charge is -2.17. The van der Waals surface area contributed by atoms with E-state index in [1.807, 2.05) is 62.4 Å². The van der Waals surface area contributed by atoms with E-state index in [2.05, 4.69) is 64.5 Å². The van der Waals surface area contributed by atoms with Crippen LogP contribution in [0.3, 0.4) is 0 Å². The Labute approximate surface area is 246 Å². The Morgan fingerprint density at radius 1 is 1.00 bits per heavy atom. The van der Waals surface area contributed by atoms with Crippen LogP contribution in [0.1, 0.15) is 36.4 Å². The minimum Gasteiger partial charge on any atom is -0.490 e. The molecule has 6 nitrogen and oxygen atoms in total. The molecule has 3 aromatic carbocycles. The molecule has 1 aromatic heterocycles. The van der Waals surface area contributed by atoms with E-state index in [-0.39, 0.29) is 5.56 Å². The molecule has 0 spiro atoms. The summed E-state index contributed by atoms with van der Waals surface area (Å²) in [5.74, 6) is 1.84. The normalized spacial score (nSPS) is 11.3. The smallest absolute Gasteiger partial charge is 0.282 e. The van der Waals surface area contributed by atoms with Gasteiger partial charge >= 0.3 is 0 Å². The molecular weight excluding hydrogens is 678 g/mol. The van der Waals surface area contributed by atoms with Crippen molar-refractivity contribution in [1.82, 2.24) is 9.66 Å². The molecule has 4 aromatic rings. The Morgan fingerprint density at radius 3 is 2.47 bits per heavy atom. The summed E-state index contributed by atoms with van der Waals surface area (Å²) in [5.41, 5.74) is 3.11. The first-order chi connectivity index (χ1) is 18.3. The largest absolute Gasteiger partial charge is 0.490 e. The molecule has 0 unspecified atom stereocenters. The van der Waals surface area contributed by atoms with Gasteiger partial charge in [0.05, 0.1) is 23.7 Å². The van der Waals surface area contributed by atoms with Crippen molar-refractivity contribution in [3.05, 3.63) is 107 Å². The SMILES string of the molecule is C=CCc1cc(C=Nn2c(CC)nc3ccc(Br)cc3c2=O)cc(OCC)c1OCc1ccc(Br)cc1Br. The Balaban J connectivity index is 1.73. The van der Waals surface area contributed by atoms with Gasteiger partial charge in [0.15, 0.2) is 11.5 Å². The number of aryl methyl sites for hydroxylation is 1. The summed E-state index contributed by atoms with van der Waals surface area (Å²) in [6.45, 7) is 8.61. The number of hydrogen-bond donors (Lipinski definition) is 0. The van der Waals surface area contributed by atoms with E-state index in [9.17, 15) is 4.79 Å². The zero-order chi connectivity index (χ0) is 27.2. The lowest BCUT2D eigenvalue weighted by Crippen LogP contribution is -2.22. The molecule has 0 atom stereocenters. The van der Waals surface area contributed by atoms with Crippen LogP contribution < -0.4 is 15.0 Å². The molecule has 9 heteroatoms. The fourth-order valence-electron chi connectivity index (χ4n) is 3.95. The third-order valence-electron chi connectivity index (χ3n) is 5.72. The summed E-state index contributed by atoms with van der Waals surface area (Å²) in [5, 5.41) is 5.04. The van der Waals surface area contributed by atoms with E-state index < -0.39 is 0 Å². The van der Waals surface area contributed by atoms with Gasteiger partial charge in [0.25, 0.3) is 5.56 Å². The first-order valence-corrected chi connectivity index (χ1v) is 14.4. The van der Waals surface area contributed by atoms with Crippen molar-refractivity contribution in [2.24, 2.45) is 5.10 Å². The van der Waals surface area contributed by atoms with Gasteiger partial charge in [0.2, 0.25) is 0 Å². The van der Waals surface area contributed by atoms with E-state index in [0.29, 0.717) is 54.3 Å². The summed E-state index contributed by atoms with van der Waals surface area (Å²) in [6.07, 6.45) is 4.60. The van der Waals surface area contributed by atoms with Crippen LogP contribution in [0, 0.1) is 0 Å². The zero-order valence-corrected chi connectivity index (χ0v) is 25.8. The molecule has 1 heterocycles. The summed E-state index contributed by atoms with van der Waals surface area (Å²) >= 11 is 10.5. The molecule has 0 saturated heterocycles. The summed E-state index contributed by atoms with van der Waals surface area (Å²) < 4.78 is 16.4. The van der Waals surface area contributed by atoms with Crippen molar-refractivity contribution in [3.63, 3.8) is 0 Å². The number of ether oxygens (including phenoxy) is 2. The number of aromatic nitrogens is 2. The molecule has 38 heavy (non-hydrogen) atoms. The first kappa shape index (κ1) is 28.3. The van der Waals surface area contributed by atoms with Crippen LogP contribution in [0.25, 0.3) is 10.9 Å². The molecule has 0 fully saturated rings. The predicted octanol–water partition coefficient (Wildman–Crippen LogP) is 7.83. The van der Waals surface area contributed by atoms with Gasteiger partial charge in [-0.1, -0.05) is 66.9 Å². The highest BCUT2D eigenvalue weighted by atomic mass is 79.9. The molecule has 0 aliphatic carbocycles. The minimum atomic E-state index is -0.222. The van der Waals surface area contributed by atoms with E-state index in [1.54, 1.807) is 12.3 Å². The highest BCUT2D eigenvalue weighted by molar-refractivity contribution is 9.11. The summed E-state index contributed by atoms with van der Waals surface area (Å²) in [7, 11) is 0. The lowest BCUT2D eigenvalue weighted by molar-refractivity contribution is 0.266. The molecule has 196 valence electrons. The van der Waals surface area contributed by atoms with Gasteiger partial charge < -0.3 is 9.47 Å². The van der Waals surface area contributed by atoms with Crippen LogP contribution in [0.2, 0.25) is 0 Å². The Bertz CT molecular complexity index is 1580. The Hall–Kier alpha value is -2.75. The average Bonchev–Trinajstić information content (AvgIpc) is 2.89. The average molecular weight is 704 g/mol. The summed E-state index contributed by atoms with van der Waals surface area (Å²) in [4.78, 5) is 17.9. The third-order valence-corrected chi connectivity index (χ3v) is 7.44. The van der Waals surface area contributed by atoms with Gasteiger partial charge in [-0.25, -0.2) is 4.98 Å². The van der Waals surface area contributed by atoms with Crippen LogP contribution in [-0.4, -0.2) is 22.5 Å². The predicted molar refractivity (Wildman–Crippen MR) is 164 cm³/mol. The zero-order valence-electron chi connectivity index (χ0n) is 21.0. The molecule has 0 amide bonds. The molecule has 4 rings (SSSR count). The number of benzene rings is 3. The number of fused-ring (bicyclic) bond motifs is 1. The van der Waals surface area contributed by atoms with Crippen molar-refractivity contribution >= 4 is 64.9 Å². The van der Waals surface area contributed by atoms with Crippen LogP contribution in [0.4, 0.5) is 0 Å². The molecule has 0 radical (unpaired) electrons. The van der Waals surface area contributed by atoms with Crippen molar-refractivity contribution in [1.29, 1.82) is 0 Å². The van der Waals surface area contributed by atoms with Crippen molar-refractivity contribution in [3.8, 4) is 11.5 Å². The van der Waals surface area contributed by atoms with Crippen LogP contribution >= 0.6 is 47.8 Å². The maximum atomic E-state index is 13.3. The Kier molecular flexibility index (Phi) is 9.57. The van der Waals surface area contributed by atoms with Crippen LogP contribution in [0.15, 0.2) is 84.5 Å². The van der Waals surface area contributed by atoms with Gasteiger partial charge in [0.1, 0.15) is 12.4 Å². The van der Waals surface area contributed by atoms with Crippen LogP contribution in [0.5, 0.6) is 11.5 Å². The highest BCUT2D eigenvalue weighted by Gasteiger charge is 2.15. The second-order valence-electron chi connectivity index (χ2n) is 8.36. The molecule has 0 aliphatic heterocycles. The number of allylic oxidation sites excluding steroid dienone is 1. The quantitative estimate of drug-likeness (QED) is 0.125. The highest BCUT2D eigenvalue weighted by Crippen LogP contribution is 2.35. The molecule has 0 N–H and O–H groups in total. The van der Waals surface area contributed by atoms with Gasteiger partial charge in [0, 0.05) is 31.0 Å². The number of rotatable bonds is 10. The second-order valence-corrected chi connectivity index (χ2v) is 11.0. The second kappa shape index (κ2) is 12.9. The monoisotopic (exact) mass is 701 g/mol. The molecule has 0 bridgehead atoms. The fourth-order valence-corrected chi connectivity index (χ4v) is 5.47. The van der Waals surface area contributed by atoms with E-state index >= 15 is 0 Å². The van der Waals surface area contributed by atoms with Gasteiger partial charge in [-0.15, -0.1) is 6.58 Å². The third kappa shape index (κ3) is 6.45. The standard InChI is InChI=1S/C29H26Br3N3O3/c1-4-7-19-12-18(13-26(37-6-3)28(19)38-17-20-8-9-22(31)15-24(20)32)16-33-35-27(5-2)34-25-11-10-21(30)14-23(25)29(35)36/h4,8-16H,1,5-7,17H2,2-3H3. The minimum absolute atomic E-state index is 0.222. The van der Waals surface area contributed by atoms with Gasteiger partial charge in [-0.3, -0.25) is 4.79 Å². The molecular formula is C29H26Br3N3O3. The maximum Gasteiger partial charge on any atom is 0.282 e.